The average Bonchev–Trinajstić information content (AvgIpc) is 2.63. The molecule has 6 nitrogen and oxygen atoms in total. The quantitative estimate of drug-likeness (QED) is 0.488. The first-order valence-corrected chi connectivity index (χ1v) is 4.60. The summed E-state index contributed by atoms with van der Waals surface area (Å²) < 4.78 is 0. The van der Waals surface area contributed by atoms with E-state index in [1.807, 2.05) is 6.07 Å². The Hall–Kier alpha value is -1.24. The predicted octanol–water partition coefficient (Wildman–Crippen LogP) is -1.10. The molecule has 6 heteroatoms. The molecule has 1 aliphatic rings. The summed E-state index contributed by atoms with van der Waals surface area (Å²) >= 11 is 0. The molecule has 1 aromatic rings. The number of nitrogens with one attached hydrogen (secondary N) is 3. The zero-order chi connectivity index (χ0) is 9.80. The van der Waals surface area contributed by atoms with Gasteiger partial charge in [0.15, 0.2) is 0 Å². The van der Waals surface area contributed by atoms with Crippen molar-refractivity contribution in [3.05, 3.63) is 18.6 Å². The van der Waals surface area contributed by atoms with Gasteiger partial charge in [0.2, 0.25) is 0 Å². The van der Waals surface area contributed by atoms with Crippen LogP contribution in [0.15, 0.2) is 18.6 Å². The normalized spacial score (nSPS) is 26.4. The van der Waals surface area contributed by atoms with Crippen molar-refractivity contribution in [2.75, 3.05) is 18.4 Å². The third kappa shape index (κ3) is 2.16. The van der Waals surface area contributed by atoms with Crippen molar-refractivity contribution in [2.45, 2.75) is 6.17 Å². The lowest BCUT2D eigenvalue weighted by Crippen LogP contribution is -2.41. The first-order valence-electron chi connectivity index (χ1n) is 4.60. The van der Waals surface area contributed by atoms with Crippen LogP contribution in [-0.2, 0) is 0 Å². The van der Waals surface area contributed by atoms with Crippen molar-refractivity contribution in [1.82, 2.24) is 20.8 Å². The summed E-state index contributed by atoms with van der Waals surface area (Å²) in [6.07, 6.45) is 3.23. The molecular weight excluding hydrogens is 180 g/mol. The molecule has 0 radical (unpaired) electrons. The fourth-order valence-electron chi connectivity index (χ4n) is 1.38. The highest BCUT2D eigenvalue weighted by atomic mass is 15.4. The van der Waals surface area contributed by atoms with Crippen LogP contribution in [0.1, 0.15) is 0 Å². The van der Waals surface area contributed by atoms with Crippen LogP contribution in [0.3, 0.4) is 0 Å². The second-order valence-electron chi connectivity index (χ2n) is 3.29. The first-order chi connectivity index (χ1) is 6.86. The third-order valence-corrected chi connectivity index (χ3v) is 2.27. The number of hydrogen-bond donors (Lipinski definition) is 4. The predicted molar refractivity (Wildman–Crippen MR) is 53.1 cm³/mol. The van der Waals surface area contributed by atoms with E-state index >= 15 is 0 Å². The van der Waals surface area contributed by atoms with E-state index < -0.39 is 0 Å². The van der Waals surface area contributed by atoms with Gasteiger partial charge < -0.3 is 11.1 Å². The average molecular weight is 194 g/mol. The van der Waals surface area contributed by atoms with E-state index in [-0.39, 0.29) is 6.17 Å². The van der Waals surface area contributed by atoms with E-state index in [0.717, 1.165) is 18.9 Å². The van der Waals surface area contributed by atoms with Gasteiger partial charge in [0, 0.05) is 25.2 Å². The van der Waals surface area contributed by atoms with Gasteiger partial charge in [-0.05, 0) is 6.07 Å². The Morgan fingerprint density at radius 3 is 3.21 bits per heavy atom. The Morgan fingerprint density at radius 2 is 2.57 bits per heavy atom. The number of hydrogen-bond acceptors (Lipinski definition) is 6. The summed E-state index contributed by atoms with van der Waals surface area (Å²) in [6, 6.07) is 1.83. The van der Waals surface area contributed by atoms with E-state index in [1.165, 1.54) is 6.33 Å². The second-order valence-corrected chi connectivity index (χ2v) is 3.29. The monoisotopic (exact) mass is 194 g/mol. The number of hydrazine groups is 1. The molecule has 0 saturated carbocycles. The van der Waals surface area contributed by atoms with Gasteiger partial charge in [-0.1, -0.05) is 0 Å². The standard InChI is InChI=1S/C8H14N6/c9-8-6(4-13-14-8)3-11-7-1-2-10-5-12-7/h1-2,5-6,8,13-14H,3-4,9H2,(H,10,11,12). The highest BCUT2D eigenvalue weighted by molar-refractivity contribution is 5.31. The van der Waals surface area contributed by atoms with E-state index in [1.54, 1.807) is 6.20 Å². The SMILES string of the molecule is NC1NNCC1CNc1ccncn1. The van der Waals surface area contributed by atoms with Gasteiger partial charge in [-0.25, -0.2) is 15.4 Å². The van der Waals surface area contributed by atoms with E-state index in [9.17, 15) is 0 Å². The van der Waals surface area contributed by atoms with Crippen molar-refractivity contribution in [3.63, 3.8) is 0 Å². The lowest BCUT2D eigenvalue weighted by atomic mass is 10.1. The maximum Gasteiger partial charge on any atom is 0.129 e. The number of aromatic nitrogens is 2. The number of nitrogens with two attached hydrogens (primary N) is 1. The summed E-state index contributed by atoms with van der Waals surface area (Å²) in [4.78, 5) is 7.90. The molecule has 0 bridgehead atoms. The zero-order valence-corrected chi connectivity index (χ0v) is 7.77. The summed E-state index contributed by atoms with van der Waals surface area (Å²) in [6.45, 7) is 1.68. The third-order valence-electron chi connectivity index (χ3n) is 2.27. The Morgan fingerprint density at radius 1 is 1.64 bits per heavy atom. The number of anilines is 1. The summed E-state index contributed by atoms with van der Waals surface area (Å²) in [5.74, 6) is 1.21. The maximum atomic E-state index is 5.80. The molecule has 2 rings (SSSR count). The minimum absolute atomic E-state index is 0.00402. The summed E-state index contributed by atoms with van der Waals surface area (Å²) in [5, 5.41) is 3.21. The fraction of sp³-hybridized carbons (Fsp3) is 0.500. The van der Waals surface area contributed by atoms with Crippen LogP contribution in [-0.4, -0.2) is 29.2 Å². The van der Waals surface area contributed by atoms with Crippen LogP contribution in [0.25, 0.3) is 0 Å². The number of nitrogens with zero attached hydrogens (tertiary/aromatic N) is 2. The molecule has 0 aromatic carbocycles. The van der Waals surface area contributed by atoms with Crippen molar-refractivity contribution in [2.24, 2.45) is 11.7 Å². The highest BCUT2D eigenvalue weighted by Gasteiger charge is 2.22. The largest absolute Gasteiger partial charge is 0.370 e. The Labute approximate surface area is 82.3 Å². The summed E-state index contributed by atoms with van der Waals surface area (Å²) in [5.41, 5.74) is 11.8. The molecule has 1 aliphatic heterocycles. The first kappa shape index (κ1) is 9.32. The van der Waals surface area contributed by atoms with Crippen LogP contribution in [0.5, 0.6) is 0 Å². The molecule has 1 saturated heterocycles. The molecule has 76 valence electrons. The van der Waals surface area contributed by atoms with Gasteiger partial charge in [-0.2, -0.15) is 0 Å². The van der Waals surface area contributed by atoms with Crippen LogP contribution < -0.4 is 21.9 Å². The molecule has 2 atom stereocenters. The van der Waals surface area contributed by atoms with Crippen molar-refractivity contribution >= 4 is 5.82 Å². The van der Waals surface area contributed by atoms with Crippen LogP contribution in [0.4, 0.5) is 5.82 Å². The van der Waals surface area contributed by atoms with E-state index in [0.29, 0.717) is 5.92 Å². The molecule has 2 heterocycles. The maximum absolute atomic E-state index is 5.80. The molecule has 1 fully saturated rings. The fourth-order valence-corrected chi connectivity index (χ4v) is 1.38. The molecule has 0 amide bonds. The lowest BCUT2D eigenvalue weighted by molar-refractivity contribution is 0.487. The summed E-state index contributed by atoms with van der Waals surface area (Å²) in [7, 11) is 0. The lowest BCUT2D eigenvalue weighted by Gasteiger charge is -2.14. The Bertz CT molecular complexity index is 276. The molecule has 0 aliphatic carbocycles. The minimum Gasteiger partial charge on any atom is -0.370 e. The van der Waals surface area contributed by atoms with Crippen LogP contribution in [0.2, 0.25) is 0 Å². The number of rotatable bonds is 3. The molecule has 14 heavy (non-hydrogen) atoms. The Kier molecular flexibility index (Phi) is 2.87. The van der Waals surface area contributed by atoms with E-state index in [4.69, 9.17) is 5.73 Å². The van der Waals surface area contributed by atoms with Crippen LogP contribution >= 0.6 is 0 Å². The van der Waals surface area contributed by atoms with Crippen molar-refractivity contribution < 1.29 is 0 Å². The van der Waals surface area contributed by atoms with Gasteiger partial charge in [0.1, 0.15) is 12.1 Å². The van der Waals surface area contributed by atoms with Gasteiger partial charge >= 0.3 is 0 Å². The van der Waals surface area contributed by atoms with Gasteiger partial charge in [-0.15, -0.1) is 0 Å². The van der Waals surface area contributed by atoms with Gasteiger partial charge in [-0.3, -0.25) is 5.43 Å². The smallest absolute Gasteiger partial charge is 0.129 e. The molecular formula is C8H14N6. The molecule has 1 aromatic heterocycles. The highest BCUT2D eigenvalue weighted by Crippen LogP contribution is 2.05. The molecule has 0 spiro atoms. The zero-order valence-electron chi connectivity index (χ0n) is 7.77. The van der Waals surface area contributed by atoms with Crippen LogP contribution in [0, 0.1) is 5.92 Å². The molecule has 2 unspecified atom stereocenters. The second kappa shape index (κ2) is 4.32. The van der Waals surface area contributed by atoms with Gasteiger partial charge in [0.25, 0.3) is 0 Å². The van der Waals surface area contributed by atoms with E-state index in [2.05, 4.69) is 26.1 Å². The minimum atomic E-state index is 0.00402. The van der Waals surface area contributed by atoms with Crippen molar-refractivity contribution in [3.8, 4) is 0 Å². The van der Waals surface area contributed by atoms with Gasteiger partial charge in [0.05, 0.1) is 6.17 Å². The Balaban J connectivity index is 1.82. The van der Waals surface area contributed by atoms with Crippen molar-refractivity contribution in [1.29, 1.82) is 0 Å². The molecule has 5 N–H and O–H groups in total. The topological polar surface area (TPSA) is 87.9 Å².